The molecule has 116 valence electrons. The van der Waals surface area contributed by atoms with Crippen molar-refractivity contribution in [3.8, 4) is 0 Å². The minimum Gasteiger partial charge on any atom is -0.480 e. The van der Waals surface area contributed by atoms with Crippen molar-refractivity contribution in [1.29, 1.82) is 0 Å². The fraction of sp³-hybridized carbons (Fsp3) is 0.429. The molecule has 7 heteroatoms. The van der Waals surface area contributed by atoms with Gasteiger partial charge in [0.25, 0.3) is 0 Å². The van der Waals surface area contributed by atoms with E-state index in [1.54, 1.807) is 0 Å². The number of carbonyl (C=O) groups excluding carboxylic acids is 1. The van der Waals surface area contributed by atoms with Gasteiger partial charge in [0.15, 0.2) is 0 Å². The molecule has 21 heavy (non-hydrogen) atoms. The molecule has 1 rings (SSSR count). The van der Waals surface area contributed by atoms with Gasteiger partial charge in [-0.05, 0) is 24.5 Å². The van der Waals surface area contributed by atoms with Gasteiger partial charge >= 0.3 is 12.0 Å². The third kappa shape index (κ3) is 5.99. The summed E-state index contributed by atoms with van der Waals surface area (Å²) in [5, 5.41) is 14.1. The summed E-state index contributed by atoms with van der Waals surface area (Å²) in [6, 6.07) is 2.49. The first-order chi connectivity index (χ1) is 9.79. The molecule has 0 radical (unpaired) electrons. The van der Waals surface area contributed by atoms with Gasteiger partial charge in [0.2, 0.25) is 0 Å². The molecule has 5 nitrogen and oxygen atoms in total. The highest BCUT2D eigenvalue weighted by atomic mass is 35.5. The first kappa shape index (κ1) is 17.2. The van der Waals surface area contributed by atoms with E-state index in [1.165, 1.54) is 12.1 Å². The number of hydrogen-bond acceptors (Lipinski definition) is 2. The molecule has 1 aromatic carbocycles. The minimum atomic E-state index is -1.10. The van der Waals surface area contributed by atoms with Crippen LogP contribution >= 0.6 is 11.6 Å². The van der Waals surface area contributed by atoms with E-state index in [-0.39, 0.29) is 23.0 Å². The molecule has 2 amide bonds. The fourth-order valence-corrected chi connectivity index (χ4v) is 1.90. The molecule has 0 fully saturated rings. The zero-order valence-electron chi connectivity index (χ0n) is 11.8. The van der Waals surface area contributed by atoms with Crippen molar-refractivity contribution in [2.24, 2.45) is 5.92 Å². The van der Waals surface area contributed by atoms with E-state index >= 15 is 0 Å². The maximum Gasteiger partial charge on any atom is 0.326 e. The second-order valence-corrected chi connectivity index (χ2v) is 5.52. The molecule has 0 aliphatic rings. The molecule has 1 aromatic rings. The molecule has 0 aliphatic heterocycles. The summed E-state index contributed by atoms with van der Waals surface area (Å²) in [5.74, 6) is -1.50. The lowest BCUT2D eigenvalue weighted by Crippen LogP contribution is -2.46. The Morgan fingerprint density at radius 1 is 1.38 bits per heavy atom. The molecule has 0 saturated heterocycles. The number of urea groups is 1. The van der Waals surface area contributed by atoms with Crippen LogP contribution in [0, 0.1) is 11.7 Å². The Kier molecular flexibility index (Phi) is 6.42. The first-order valence-corrected chi connectivity index (χ1v) is 6.88. The van der Waals surface area contributed by atoms with E-state index in [0.29, 0.717) is 6.42 Å². The fourth-order valence-electron chi connectivity index (χ4n) is 1.74. The third-order valence-corrected chi connectivity index (χ3v) is 3.00. The first-order valence-electron chi connectivity index (χ1n) is 6.50. The topological polar surface area (TPSA) is 78.4 Å². The predicted octanol–water partition coefficient (Wildman–Crippen LogP) is 2.78. The summed E-state index contributed by atoms with van der Waals surface area (Å²) >= 11 is 5.63. The van der Waals surface area contributed by atoms with Crippen LogP contribution in [-0.4, -0.2) is 23.1 Å². The smallest absolute Gasteiger partial charge is 0.326 e. The van der Waals surface area contributed by atoms with Gasteiger partial charge in [0.1, 0.15) is 11.9 Å². The number of halogens is 2. The number of carboxylic acids is 1. The summed E-state index contributed by atoms with van der Waals surface area (Å²) in [6.07, 6.45) is 0.318. The zero-order chi connectivity index (χ0) is 16.0. The summed E-state index contributed by atoms with van der Waals surface area (Å²) in [5.41, 5.74) is 0.269. The van der Waals surface area contributed by atoms with Crippen LogP contribution in [0.3, 0.4) is 0 Å². The largest absolute Gasteiger partial charge is 0.480 e. The number of aliphatic carboxylic acids is 1. The number of hydrogen-bond donors (Lipinski definition) is 3. The average molecular weight is 317 g/mol. The van der Waals surface area contributed by atoms with Crippen LogP contribution in [0.4, 0.5) is 9.18 Å². The van der Waals surface area contributed by atoms with Gasteiger partial charge in [-0.25, -0.2) is 14.0 Å². The highest BCUT2D eigenvalue weighted by Crippen LogP contribution is 2.14. The Bertz CT molecular complexity index is 523. The van der Waals surface area contributed by atoms with Gasteiger partial charge in [-0.3, -0.25) is 0 Å². The van der Waals surface area contributed by atoms with E-state index in [9.17, 15) is 14.0 Å². The number of carboxylic acid groups (broad SMARTS) is 1. The van der Waals surface area contributed by atoms with E-state index in [4.69, 9.17) is 16.7 Å². The predicted molar refractivity (Wildman–Crippen MR) is 77.7 cm³/mol. The van der Waals surface area contributed by atoms with Gasteiger partial charge in [0.05, 0.1) is 0 Å². The number of amides is 2. The molecule has 0 spiro atoms. The van der Waals surface area contributed by atoms with Crippen molar-refractivity contribution in [1.82, 2.24) is 10.6 Å². The quantitative estimate of drug-likeness (QED) is 0.755. The summed E-state index contributed by atoms with van der Waals surface area (Å²) in [6.45, 7) is 3.67. The van der Waals surface area contributed by atoms with E-state index in [1.807, 2.05) is 13.8 Å². The van der Waals surface area contributed by atoms with Gasteiger partial charge < -0.3 is 15.7 Å². The molecule has 1 atom stereocenters. The number of nitrogens with one attached hydrogen (secondary N) is 2. The van der Waals surface area contributed by atoms with Gasteiger partial charge in [-0.2, -0.15) is 0 Å². The normalized spacial score (nSPS) is 12.0. The summed E-state index contributed by atoms with van der Waals surface area (Å²) in [4.78, 5) is 22.7. The Hall–Kier alpha value is -1.82. The van der Waals surface area contributed by atoms with E-state index in [0.717, 1.165) is 6.07 Å². The Morgan fingerprint density at radius 3 is 2.57 bits per heavy atom. The Balaban J connectivity index is 2.54. The van der Waals surface area contributed by atoms with Gasteiger partial charge in [-0.1, -0.05) is 31.5 Å². The average Bonchev–Trinajstić information content (AvgIpc) is 2.36. The number of carbonyl (C=O) groups is 2. The van der Waals surface area contributed by atoms with Crippen LogP contribution < -0.4 is 10.6 Å². The highest BCUT2D eigenvalue weighted by molar-refractivity contribution is 6.30. The van der Waals surface area contributed by atoms with Crippen LogP contribution in [0.25, 0.3) is 0 Å². The van der Waals surface area contributed by atoms with Gasteiger partial charge in [0, 0.05) is 17.1 Å². The van der Waals surface area contributed by atoms with Crippen LogP contribution in [0.1, 0.15) is 25.8 Å². The molecule has 0 saturated carbocycles. The van der Waals surface area contributed by atoms with Crippen molar-refractivity contribution in [3.05, 3.63) is 34.6 Å². The minimum absolute atomic E-state index is 0.0527. The monoisotopic (exact) mass is 316 g/mol. The summed E-state index contributed by atoms with van der Waals surface area (Å²) in [7, 11) is 0. The third-order valence-electron chi connectivity index (χ3n) is 2.77. The van der Waals surface area contributed by atoms with E-state index < -0.39 is 23.9 Å². The van der Waals surface area contributed by atoms with Crippen molar-refractivity contribution in [2.75, 3.05) is 0 Å². The maximum absolute atomic E-state index is 13.5. The van der Waals surface area contributed by atoms with Crippen molar-refractivity contribution in [3.63, 3.8) is 0 Å². The van der Waals surface area contributed by atoms with Gasteiger partial charge in [-0.15, -0.1) is 0 Å². The zero-order valence-corrected chi connectivity index (χ0v) is 12.6. The molecule has 1 unspecified atom stereocenters. The highest BCUT2D eigenvalue weighted by Gasteiger charge is 2.20. The SMILES string of the molecule is CC(C)CC(NC(=O)NCc1ccc(Cl)cc1F)C(=O)O. The lowest BCUT2D eigenvalue weighted by Gasteiger charge is -2.17. The molecule has 0 aromatic heterocycles. The second kappa shape index (κ2) is 7.83. The van der Waals surface area contributed by atoms with Crippen molar-refractivity contribution >= 4 is 23.6 Å². The summed E-state index contributed by atoms with van der Waals surface area (Å²) < 4.78 is 13.5. The Labute approximate surface area is 127 Å². The Morgan fingerprint density at radius 2 is 2.05 bits per heavy atom. The maximum atomic E-state index is 13.5. The van der Waals surface area contributed by atoms with Crippen LogP contribution in [0.15, 0.2) is 18.2 Å². The molecular formula is C14H18ClFN2O3. The molecule has 0 bridgehead atoms. The van der Waals surface area contributed by atoms with Crippen molar-refractivity contribution in [2.45, 2.75) is 32.9 Å². The molecule has 3 N–H and O–H groups in total. The van der Waals surface area contributed by atoms with Crippen molar-refractivity contribution < 1.29 is 19.1 Å². The van der Waals surface area contributed by atoms with E-state index in [2.05, 4.69) is 10.6 Å². The van der Waals surface area contributed by atoms with Crippen LogP contribution in [0.2, 0.25) is 5.02 Å². The van der Waals surface area contributed by atoms with Crippen LogP contribution in [0.5, 0.6) is 0 Å². The lowest BCUT2D eigenvalue weighted by molar-refractivity contribution is -0.139. The van der Waals surface area contributed by atoms with Crippen LogP contribution in [-0.2, 0) is 11.3 Å². The molecule has 0 heterocycles. The standard InChI is InChI=1S/C14H18ClFN2O3/c1-8(2)5-12(13(19)20)18-14(21)17-7-9-3-4-10(15)6-11(9)16/h3-4,6,8,12H,5,7H2,1-2H3,(H,19,20)(H2,17,18,21). The number of benzene rings is 1. The second-order valence-electron chi connectivity index (χ2n) is 5.08. The lowest BCUT2D eigenvalue weighted by atomic mass is 10.0. The molecule has 0 aliphatic carbocycles. The number of rotatable bonds is 6. The molecular weight excluding hydrogens is 299 g/mol.